The Morgan fingerprint density at radius 3 is 2.18 bits per heavy atom. The molecule has 22 heavy (non-hydrogen) atoms. The number of sulfone groups is 1. The molecule has 0 radical (unpaired) electrons. The first-order chi connectivity index (χ1) is 10.6. The summed E-state index contributed by atoms with van der Waals surface area (Å²) in [5.74, 6) is 0.229. The first-order valence-electron chi connectivity index (χ1n) is 7.47. The van der Waals surface area contributed by atoms with Crippen molar-refractivity contribution in [2.24, 2.45) is 5.92 Å². The van der Waals surface area contributed by atoms with Crippen LogP contribution in [0.3, 0.4) is 0 Å². The fourth-order valence-corrected chi connectivity index (χ4v) is 3.91. The van der Waals surface area contributed by atoms with E-state index in [4.69, 9.17) is 4.74 Å². The molecule has 0 saturated heterocycles. The van der Waals surface area contributed by atoms with Gasteiger partial charge in [0.05, 0.1) is 17.3 Å². The number of hydrogen-bond acceptors (Lipinski definition) is 3. The molecule has 0 fully saturated rings. The van der Waals surface area contributed by atoms with E-state index in [2.05, 4.69) is 0 Å². The minimum absolute atomic E-state index is 0.0704. The highest BCUT2D eigenvalue weighted by molar-refractivity contribution is 7.91. The summed E-state index contributed by atoms with van der Waals surface area (Å²) in [6, 6.07) is 18.6. The molecule has 0 saturated carbocycles. The van der Waals surface area contributed by atoms with Crippen molar-refractivity contribution in [2.45, 2.75) is 24.8 Å². The van der Waals surface area contributed by atoms with Crippen LogP contribution in [0.4, 0.5) is 0 Å². The second-order valence-electron chi connectivity index (χ2n) is 5.53. The predicted octanol–water partition coefficient (Wildman–Crippen LogP) is 3.70. The Balaban J connectivity index is 1.75. The minimum atomic E-state index is -3.20. The maximum absolute atomic E-state index is 12.3. The molecule has 0 aliphatic carbocycles. The maximum atomic E-state index is 12.3. The molecule has 0 bridgehead atoms. The zero-order valence-corrected chi connectivity index (χ0v) is 13.6. The second-order valence-corrected chi connectivity index (χ2v) is 7.56. The van der Waals surface area contributed by atoms with Crippen molar-refractivity contribution in [1.82, 2.24) is 0 Å². The van der Waals surface area contributed by atoms with Gasteiger partial charge in [0, 0.05) is 6.61 Å². The van der Waals surface area contributed by atoms with Crippen molar-refractivity contribution in [3.05, 3.63) is 66.2 Å². The summed E-state index contributed by atoms with van der Waals surface area (Å²) in [6.07, 6.45) is 0.735. The molecule has 0 aromatic heterocycles. The van der Waals surface area contributed by atoms with Crippen LogP contribution in [0.15, 0.2) is 65.6 Å². The third kappa shape index (κ3) is 5.28. The second kappa shape index (κ2) is 8.11. The maximum Gasteiger partial charge on any atom is 0.178 e. The summed E-state index contributed by atoms with van der Waals surface area (Å²) in [4.78, 5) is 0.395. The molecule has 118 valence electrons. The lowest BCUT2D eigenvalue weighted by molar-refractivity contribution is 0.111. The van der Waals surface area contributed by atoms with Crippen molar-refractivity contribution in [3.63, 3.8) is 0 Å². The van der Waals surface area contributed by atoms with E-state index in [0.717, 1.165) is 12.0 Å². The monoisotopic (exact) mass is 318 g/mol. The van der Waals surface area contributed by atoms with Gasteiger partial charge >= 0.3 is 0 Å². The van der Waals surface area contributed by atoms with E-state index < -0.39 is 9.84 Å². The van der Waals surface area contributed by atoms with Gasteiger partial charge in [0.1, 0.15) is 0 Å². The van der Waals surface area contributed by atoms with Gasteiger partial charge in [-0.05, 0) is 30.0 Å². The largest absolute Gasteiger partial charge is 0.377 e. The Bertz CT molecular complexity index is 651. The van der Waals surface area contributed by atoms with Crippen molar-refractivity contribution in [1.29, 1.82) is 0 Å². The fraction of sp³-hybridized carbons (Fsp3) is 0.333. The lowest BCUT2D eigenvalue weighted by Gasteiger charge is -2.12. The summed E-state index contributed by atoms with van der Waals surface area (Å²) in [6.45, 7) is 3.09. The molecule has 0 spiro atoms. The Kier molecular flexibility index (Phi) is 6.16. The van der Waals surface area contributed by atoms with Gasteiger partial charge in [0.2, 0.25) is 0 Å². The molecule has 0 unspecified atom stereocenters. The highest BCUT2D eigenvalue weighted by Gasteiger charge is 2.17. The van der Waals surface area contributed by atoms with Gasteiger partial charge in [-0.25, -0.2) is 8.42 Å². The Morgan fingerprint density at radius 1 is 0.955 bits per heavy atom. The number of benzene rings is 2. The highest BCUT2D eigenvalue weighted by Crippen LogP contribution is 2.15. The smallest absolute Gasteiger partial charge is 0.178 e. The summed E-state index contributed by atoms with van der Waals surface area (Å²) >= 11 is 0. The molecule has 0 amide bonds. The molecule has 2 aromatic rings. The normalized spacial score (nSPS) is 13.0. The third-order valence-electron chi connectivity index (χ3n) is 3.47. The summed E-state index contributed by atoms with van der Waals surface area (Å²) in [5, 5.41) is 0. The first kappa shape index (κ1) is 16.7. The van der Waals surface area contributed by atoms with E-state index in [1.165, 1.54) is 0 Å². The van der Waals surface area contributed by atoms with Gasteiger partial charge < -0.3 is 4.74 Å². The fourth-order valence-electron chi connectivity index (χ4n) is 2.23. The van der Waals surface area contributed by atoms with E-state index >= 15 is 0 Å². The highest BCUT2D eigenvalue weighted by atomic mass is 32.2. The van der Waals surface area contributed by atoms with Gasteiger partial charge in [-0.3, -0.25) is 0 Å². The lowest BCUT2D eigenvalue weighted by atomic mass is 10.1. The summed E-state index contributed by atoms with van der Waals surface area (Å²) < 4.78 is 30.1. The van der Waals surface area contributed by atoms with Crippen LogP contribution in [0.1, 0.15) is 18.9 Å². The Labute approximate surface area is 132 Å². The molecule has 4 heteroatoms. The topological polar surface area (TPSA) is 43.4 Å². The van der Waals surface area contributed by atoms with Gasteiger partial charge in [0.15, 0.2) is 9.84 Å². The van der Waals surface area contributed by atoms with Crippen molar-refractivity contribution in [3.8, 4) is 0 Å². The van der Waals surface area contributed by atoms with Crippen LogP contribution in [0.5, 0.6) is 0 Å². The molecular weight excluding hydrogens is 296 g/mol. The molecule has 0 aliphatic rings. The van der Waals surface area contributed by atoms with E-state index in [0.29, 0.717) is 18.1 Å². The third-order valence-corrected chi connectivity index (χ3v) is 5.47. The quantitative estimate of drug-likeness (QED) is 0.697. The molecule has 0 aliphatic heterocycles. The van der Waals surface area contributed by atoms with Gasteiger partial charge in [0.25, 0.3) is 0 Å². The summed E-state index contributed by atoms with van der Waals surface area (Å²) in [5.41, 5.74) is 1.13. The van der Waals surface area contributed by atoms with E-state index in [1.807, 2.05) is 43.3 Å². The van der Waals surface area contributed by atoms with Crippen molar-refractivity contribution >= 4 is 9.84 Å². The number of hydrogen-bond donors (Lipinski definition) is 0. The van der Waals surface area contributed by atoms with Crippen LogP contribution in [0.25, 0.3) is 0 Å². The Hall–Kier alpha value is -1.65. The van der Waals surface area contributed by atoms with E-state index in [-0.39, 0.29) is 11.7 Å². The van der Waals surface area contributed by atoms with Crippen LogP contribution in [-0.2, 0) is 21.2 Å². The number of ether oxygens (including phenoxy) is 1. The first-order valence-corrected chi connectivity index (χ1v) is 9.12. The van der Waals surface area contributed by atoms with Crippen LogP contribution in [0.2, 0.25) is 0 Å². The van der Waals surface area contributed by atoms with Crippen molar-refractivity contribution < 1.29 is 13.2 Å². The molecule has 2 aromatic carbocycles. The molecule has 1 atom stereocenters. The van der Waals surface area contributed by atoms with E-state index in [1.54, 1.807) is 24.3 Å². The molecule has 3 nitrogen and oxygen atoms in total. The molecule has 0 heterocycles. The zero-order valence-electron chi connectivity index (χ0n) is 12.8. The van der Waals surface area contributed by atoms with Gasteiger partial charge in [-0.15, -0.1) is 0 Å². The van der Waals surface area contributed by atoms with E-state index in [9.17, 15) is 8.42 Å². The number of rotatable bonds is 8. The lowest BCUT2D eigenvalue weighted by Crippen LogP contribution is -2.15. The molecule has 2 rings (SSSR count). The zero-order chi connectivity index (χ0) is 15.8. The Morgan fingerprint density at radius 2 is 1.55 bits per heavy atom. The van der Waals surface area contributed by atoms with Crippen molar-refractivity contribution in [2.75, 3.05) is 12.4 Å². The molecule has 0 N–H and O–H groups in total. The minimum Gasteiger partial charge on any atom is -0.377 e. The van der Waals surface area contributed by atoms with Crippen LogP contribution in [-0.4, -0.2) is 20.8 Å². The van der Waals surface area contributed by atoms with Gasteiger partial charge in [-0.2, -0.15) is 0 Å². The van der Waals surface area contributed by atoms with Gasteiger partial charge in [-0.1, -0.05) is 55.5 Å². The SMILES string of the molecule is C[C@@H](CCOCc1ccccc1)CS(=O)(=O)c1ccccc1. The van der Waals surface area contributed by atoms with Crippen LogP contribution >= 0.6 is 0 Å². The predicted molar refractivity (Wildman–Crippen MR) is 88.4 cm³/mol. The molecular formula is C18H22O3S. The summed E-state index contributed by atoms with van der Waals surface area (Å²) in [7, 11) is -3.20. The average Bonchev–Trinajstić information content (AvgIpc) is 2.53. The van der Waals surface area contributed by atoms with Crippen LogP contribution < -0.4 is 0 Å². The average molecular weight is 318 g/mol. The standard InChI is InChI=1S/C18H22O3S/c1-16(12-13-21-14-17-8-4-2-5-9-17)15-22(19,20)18-10-6-3-7-11-18/h2-11,16H,12-15H2,1H3/t16-/m0/s1. The van der Waals surface area contributed by atoms with Crippen LogP contribution in [0, 0.1) is 5.92 Å².